The van der Waals surface area contributed by atoms with Crippen LogP contribution >= 0.6 is 11.8 Å². The quantitative estimate of drug-likeness (QED) is 0.826. The summed E-state index contributed by atoms with van der Waals surface area (Å²) in [7, 11) is 0. The number of hydrogen-bond donors (Lipinski definition) is 0. The van der Waals surface area contributed by atoms with E-state index in [4.69, 9.17) is 4.74 Å². The lowest BCUT2D eigenvalue weighted by Crippen LogP contribution is -2.13. The third-order valence-electron chi connectivity index (χ3n) is 2.78. The van der Waals surface area contributed by atoms with Gasteiger partial charge in [-0.05, 0) is 30.2 Å². The van der Waals surface area contributed by atoms with Crippen molar-refractivity contribution in [3.05, 3.63) is 54.4 Å². The molecular weight excluding hydrogens is 230 g/mol. The number of ether oxygens (including phenoxy) is 1. The topological polar surface area (TPSA) is 22.1 Å². The van der Waals surface area contributed by atoms with Crippen molar-refractivity contribution in [3.63, 3.8) is 0 Å². The summed E-state index contributed by atoms with van der Waals surface area (Å²) in [5, 5.41) is 0.521. The Morgan fingerprint density at radius 3 is 3.00 bits per heavy atom. The van der Waals surface area contributed by atoms with E-state index in [2.05, 4.69) is 29.2 Å². The molecule has 0 bridgehead atoms. The average Bonchev–Trinajstić information content (AvgIpc) is 2.80. The Bertz CT molecular complexity index is 476. The summed E-state index contributed by atoms with van der Waals surface area (Å²) in [6, 6.07) is 12.4. The van der Waals surface area contributed by atoms with Gasteiger partial charge >= 0.3 is 0 Å². The fraction of sp³-hybridized carbons (Fsp3) is 0.214. The van der Waals surface area contributed by atoms with Crippen LogP contribution in [0.3, 0.4) is 0 Å². The molecule has 1 aromatic carbocycles. The lowest BCUT2D eigenvalue weighted by Gasteiger charge is -2.10. The Hall–Kier alpha value is -1.48. The zero-order valence-electron chi connectivity index (χ0n) is 9.37. The van der Waals surface area contributed by atoms with Crippen LogP contribution in [0.2, 0.25) is 0 Å². The van der Waals surface area contributed by atoms with Gasteiger partial charge < -0.3 is 4.74 Å². The van der Waals surface area contributed by atoms with Crippen molar-refractivity contribution in [3.8, 4) is 5.75 Å². The van der Waals surface area contributed by atoms with E-state index in [0.717, 1.165) is 18.8 Å². The van der Waals surface area contributed by atoms with E-state index in [1.54, 1.807) is 12.4 Å². The van der Waals surface area contributed by atoms with Crippen molar-refractivity contribution in [1.29, 1.82) is 0 Å². The summed E-state index contributed by atoms with van der Waals surface area (Å²) >= 11 is 1.91. The lowest BCUT2D eigenvalue weighted by molar-refractivity contribution is 0.316. The Morgan fingerprint density at radius 2 is 2.18 bits per heavy atom. The normalized spacial score (nSPS) is 17.8. The van der Waals surface area contributed by atoms with Gasteiger partial charge in [-0.15, -0.1) is 11.8 Å². The molecule has 0 saturated heterocycles. The minimum Gasteiger partial charge on any atom is -0.491 e. The van der Waals surface area contributed by atoms with E-state index in [-0.39, 0.29) is 0 Å². The third kappa shape index (κ3) is 2.44. The highest BCUT2D eigenvalue weighted by Gasteiger charge is 2.22. The van der Waals surface area contributed by atoms with E-state index < -0.39 is 0 Å². The molecule has 1 atom stereocenters. The Balaban J connectivity index is 1.59. The molecule has 0 fully saturated rings. The van der Waals surface area contributed by atoms with Gasteiger partial charge in [0.05, 0.1) is 6.20 Å². The molecular formula is C14H13NOS. The highest BCUT2D eigenvalue weighted by molar-refractivity contribution is 8.00. The molecule has 17 heavy (non-hydrogen) atoms. The Kier molecular flexibility index (Phi) is 3.01. The van der Waals surface area contributed by atoms with Crippen molar-refractivity contribution in [1.82, 2.24) is 4.98 Å². The van der Waals surface area contributed by atoms with Crippen LogP contribution in [-0.4, -0.2) is 16.8 Å². The van der Waals surface area contributed by atoms with Crippen LogP contribution in [0.5, 0.6) is 5.75 Å². The van der Waals surface area contributed by atoms with Crippen molar-refractivity contribution < 1.29 is 4.74 Å². The molecule has 0 saturated carbocycles. The first-order chi connectivity index (χ1) is 8.42. The van der Waals surface area contributed by atoms with Crippen molar-refractivity contribution in [2.75, 3.05) is 6.61 Å². The Morgan fingerprint density at radius 1 is 1.24 bits per heavy atom. The fourth-order valence-corrected chi connectivity index (χ4v) is 3.19. The molecule has 86 valence electrons. The van der Waals surface area contributed by atoms with Crippen LogP contribution < -0.4 is 4.74 Å². The second kappa shape index (κ2) is 4.80. The molecule has 2 aromatic rings. The van der Waals surface area contributed by atoms with E-state index in [0.29, 0.717) is 5.25 Å². The number of thioether (sulfide) groups is 1. The van der Waals surface area contributed by atoms with E-state index >= 15 is 0 Å². The fourth-order valence-electron chi connectivity index (χ4n) is 1.97. The molecule has 2 heterocycles. The molecule has 3 heteroatoms. The number of fused-ring (bicyclic) bond motifs is 1. The van der Waals surface area contributed by atoms with Gasteiger partial charge in [-0.25, -0.2) is 0 Å². The summed E-state index contributed by atoms with van der Waals surface area (Å²) in [5.74, 6) is 0.851. The van der Waals surface area contributed by atoms with Gasteiger partial charge in [0.15, 0.2) is 0 Å². The van der Waals surface area contributed by atoms with Crippen LogP contribution in [0.15, 0.2) is 53.7 Å². The predicted octanol–water partition coefficient (Wildman–Crippen LogP) is 3.18. The van der Waals surface area contributed by atoms with Crippen molar-refractivity contribution in [2.45, 2.75) is 16.6 Å². The molecule has 1 aromatic heterocycles. The van der Waals surface area contributed by atoms with Crippen LogP contribution in [0, 0.1) is 0 Å². The summed E-state index contributed by atoms with van der Waals surface area (Å²) in [4.78, 5) is 5.43. The van der Waals surface area contributed by atoms with Gasteiger partial charge in [0.2, 0.25) is 0 Å². The SMILES string of the molecule is c1cncc(OCC2Cc3ccccc3S2)c1. The van der Waals surface area contributed by atoms with Crippen molar-refractivity contribution >= 4 is 11.8 Å². The van der Waals surface area contributed by atoms with Crippen LogP contribution in [0.25, 0.3) is 0 Å². The van der Waals surface area contributed by atoms with E-state index in [9.17, 15) is 0 Å². The molecule has 0 spiro atoms. The second-order valence-electron chi connectivity index (χ2n) is 4.05. The average molecular weight is 243 g/mol. The zero-order chi connectivity index (χ0) is 11.5. The van der Waals surface area contributed by atoms with Gasteiger partial charge in [0, 0.05) is 16.3 Å². The number of hydrogen-bond acceptors (Lipinski definition) is 3. The third-order valence-corrected chi connectivity index (χ3v) is 4.07. The lowest BCUT2D eigenvalue weighted by atomic mass is 10.1. The maximum atomic E-state index is 5.74. The number of aromatic nitrogens is 1. The summed E-state index contributed by atoms with van der Waals surface area (Å²) in [6.45, 7) is 0.741. The maximum Gasteiger partial charge on any atom is 0.137 e. The monoisotopic (exact) mass is 243 g/mol. The van der Waals surface area contributed by atoms with Crippen LogP contribution in [0.1, 0.15) is 5.56 Å². The number of rotatable bonds is 3. The standard InChI is InChI=1S/C14H13NOS/c1-2-6-14-11(4-1)8-13(17-14)10-16-12-5-3-7-15-9-12/h1-7,9,13H,8,10H2. The smallest absolute Gasteiger partial charge is 0.137 e. The molecule has 2 nitrogen and oxygen atoms in total. The molecule has 0 radical (unpaired) electrons. The molecule has 0 N–H and O–H groups in total. The van der Waals surface area contributed by atoms with E-state index in [1.165, 1.54) is 10.5 Å². The number of nitrogens with zero attached hydrogens (tertiary/aromatic N) is 1. The van der Waals surface area contributed by atoms with E-state index in [1.807, 2.05) is 23.9 Å². The first kappa shape index (κ1) is 10.7. The predicted molar refractivity (Wildman–Crippen MR) is 69.5 cm³/mol. The van der Waals surface area contributed by atoms with Crippen LogP contribution in [0.4, 0.5) is 0 Å². The maximum absolute atomic E-state index is 5.74. The van der Waals surface area contributed by atoms with Gasteiger partial charge in [-0.1, -0.05) is 18.2 Å². The van der Waals surface area contributed by atoms with Gasteiger partial charge in [-0.2, -0.15) is 0 Å². The first-order valence-electron chi connectivity index (χ1n) is 5.69. The van der Waals surface area contributed by atoms with Gasteiger partial charge in [0.25, 0.3) is 0 Å². The van der Waals surface area contributed by atoms with Gasteiger partial charge in [-0.3, -0.25) is 4.98 Å². The largest absolute Gasteiger partial charge is 0.491 e. The highest BCUT2D eigenvalue weighted by Crippen LogP contribution is 2.36. The Labute approximate surface area is 105 Å². The molecule has 0 aliphatic carbocycles. The first-order valence-corrected chi connectivity index (χ1v) is 6.57. The summed E-state index contributed by atoms with van der Waals surface area (Å²) in [6.07, 6.45) is 4.61. The summed E-state index contributed by atoms with van der Waals surface area (Å²) < 4.78 is 5.74. The van der Waals surface area contributed by atoms with Gasteiger partial charge in [0.1, 0.15) is 12.4 Å². The van der Waals surface area contributed by atoms with Crippen molar-refractivity contribution in [2.24, 2.45) is 0 Å². The zero-order valence-corrected chi connectivity index (χ0v) is 10.2. The number of benzene rings is 1. The molecule has 1 aliphatic rings. The number of pyridine rings is 1. The minimum atomic E-state index is 0.521. The highest BCUT2D eigenvalue weighted by atomic mass is 32.2. The minimum absolute atomic E-state index is 0.521. The molecule has 1 aliphatic heterocycles. The van der Waals surface area contributed by atoms with Crippen LogP contribution in [-0.2, 0) is 6.42 Å². The second-order valence-corrected chi connectivity index (χ2v) is 5.39. The molecule has 0 amide bonds. The summed E-state index contributed by atoms with van der Waals surface area (Å²) in [5.41, 5.74) is 1.44. The molecule has 1 unspecified atom stereocenters. The molecule has 3 rings (SSSR count).